The quantitative estimate of drug-likeness (QED) is 0.461. The Morgan fingerprint density at radius 1 is 1.25 bits per heavy atom. The molecule has 1 aliphatic rings. The second-order valence-electron chi connectivity index (χ2n) is 3.79. The summed E-state index contributed by atoms with van der Waals surface area (Å²) in [5.74, 6) is 0.467. The van der Waals surface area contributed by atoms with Crippen LogP contribution in [0, 0.1) is 0 Å². The summed E-state index contributed by atoms with van der Waals surface area (Å²) in [5, 5.41) is 7.70. The Morgan fingerprint density at radius 3 is 2.80 bits per heavy atom. The maximum absolute atomic E-state index is 10.6. The highest BCUT2D eigenvalue weighted by atomic mass is 16.7. The van der Waals surface area contributed by atoms with Crippen LogP contribution in [0.3, 0.4) is 0 Å². The van der Waals surface area contributed by atoms with Gasteiger partial charge in [0.25, 0.3) is 5.90 Å². The zero-order chi connectivity index (χ0) is 14.4. The van der Waals surface area contributed by atoms with Gasteiger partial charge in [0.2, 0.25) is 0 Å². The van der Waals surface area contributed by atoms with Crippen molar-refractivity contribution in [2.24, 2.45) is 10.3 Å². The van der Waals surface area contributed by atoms with Crippen LogP contribution in [0.5, 0.6) is 5.75 Å². The zero-order valence-electron chi connectivity index (χ0n) is 11.2. The van der Waals surface area contributed by atoms with Crippen LogP contribution in [0.15, 0.2) is 34.6 Å². The van der Waals surface area contributed by atoms with Gasteiger partial charge in [-0.15, -0.1) is 0 Å². The number of para-hydroxylation sites is 1. The van der Waals surface area contributed by atoms with Crippen LogP contribution in [0.2, 0.25) is 0 Å². The summed E-state index contributed by atoms with van der Waals surface area (Å²) < 4.78 is 10.2. The second-order valence-corrected chi connectivity index (χ2v) is 3.79. The molecule has 7 nitrogen and oxygen atoms in total. The second kappa shape index (κ2) is 6.55. The summed E-state index contributed by atoms with van der Waals surface area (Å²) in [4.78, 5) is 20.4. The van der Waals surface area contributed by atoms with Gasteiger partial charge in [0.1, 0.15) is 19.5 Å². The van der Waals surface area contributed by atoms with Crippen LogP contribution in [0.1, 0.15) is 12.5 Å². The molecule has 1 aliphatic heterocycles. The lowest BCUT2D eigenvalue weighted by Gasteiger charge is -2.01. The summed E-state index contributed by atoms with van der Waals surface area (Å²) in [6, 6.07) is 7.34. The summed E-state index contributed by atoms with van der Waals surface area (Å²) in [6.45, 7) is 1.57. The Hall–Kier alpha value is -2.57. The molecule has 1 aromatic carbocycles. The average molecular weight is 278 g/mol. The van der Waals surface area contributed by atoms with E-state index in [0.29, 0.717) is 11.5 Å². The van der Waals surface area contributed by atoms with Crippen LogP contribution >= 0.6 is 0 Å². The largest absolute Gasteiger partial charge is 0.462 e. The smallest absolute Gasteiger partial charge is 0.302 e. The maximum Gasteiger partial charge on any atom is 0.302 e. The van der Waals surface area contributed by atoms with E-state index in [1.165, 1.54) is 14.0 Å². The van der Waals surface area contributed by atoms with Crippen molar-refractivity contribution < 1.29 is 23.9 Å². The molecular weight excluding hydrogens is 264 g/mol. The fraction of sp³-hybridized carbons (Fsp3) is 0.308. The molecule has 0 spiro atoms. The molecule has 0 aliphatic carbocycles. The molecule has 20 heavy (non-hydrogen) atoms. The molecule has 0 amide bonds. The zero-order valence-corrected chi connectivity index (χ0v) is 11.2. The van der Waals surface area contributed by atoms with Gasteiger partial charge in [-0.1, -0.05) is 17.3 Å². The van der Waals surface area contributed by atoms with Gasteiger partial charge in [0.05, 0.1) is 5.56 Å². The summed E-state index contributed by atoms with van der Waals surface area (Å²) in [6.07, 6.45) is 0. The van der Waals surface area contributed by atoms with Crippen LogP contribution < -0.4 is 4.74 Å². The van der Waals surface area contributed by atoms with E-state index in [9.17, 15) is 4.79 Å². The number of ether oxygens (including phenoxy) is 2. The van der Waals surface area contributed by atoms with Gasteiger partial charge in [-0.2, -0.15) is 0 Å². The van der Waals surface area contributed by atoms with Crippen molar-refractivity contribution in [1.82, 2.24) is 0 Å². The van der Waals surface area contributed by atoms with Gasteiger partial charge >= 0.3 is 5.97 Å². The van der Waals surface area contributed by atoms with E-state index in [2.05, 4.69) is 10.3 Å². The Bertz CT molecular complexity index is 553. The third-order valence-electron chi connectivity index (χ3n) is 2.36. The molecule has 1 aromatic rings. The lowest BCUT2D eigenvalue weighted by molar-refractivity contribution is -0.142. The highest BCUT2D eigenvalue weighted by Crippen LogP contribution is 2.26. The minimum absolute atomic E-state index is 0.121. The molecule has 0 fully saturated rings. The van der Waals surface area contributed by atoms with Crippen molar-refractivity contribution in [3.63, 3.8) is 0 Å². The first-order valence-corrected chi connectivity index (χ1v) is 5.94. The summed E-state index contributed by atoms with van der Waals surface area (Å²) >= 11 is 0. The average Bonchev–Trinajstić information content (AvgIpc) is 2.77. The predicted molar refractivity (Wildman–Crippen MR) is 70.6 cm³/mol. The number of hydrogen-bond acceptors (Lipinski definition) is 7. The standard InChI is InChI=1S/C13H14N2O5/c1-9(16)18-7-8-19-15-13-12(14-17-2)10-5-3-4-6-11(10)20-13/h3-6H,7-8H2,1-2H3/b14-12-,15-13-. The highest BCUT2D eigenvalue weighted by Gasteiger charge is 2.28. The van der Waals surface area contributed by atoms with Crippen LogP contribution in [0.25, 0.3) is 0 Å². The van der Waals surface area contributed by atoms with Crippen molar-refractivity contribution in [3.05, 3.63) is 29.8 Å². The molecule has 0 N–H and O–H groups in total. The number of hydrogen-bond donors (Lipinski definition) is 0. The SMILES string of the molecule is CO/N=C1\C(=N\OCCOC(C)=O)Oc2ccccc21. The summed E-state index contributed by atoms with van der Waals surface area (Å²) in [7, 11) is 1.44. The number of oxime groups is 2. The number of carbonyl (C=O) groups excluding carboxylic acids is 1. The van der Waals surface area contributed by atoms with E-state index >= 15 is 0 Å². The van der Waals surface area contributed by atoms with Gasteiger partial charge < -0.3 is 19.1 Å². The van der Waals surface area contributed by atoms with Gasteiger partial charge in [-0.3, -0.25) is 4.79 Å². The topological polar surface area (TPSA) is 78.7 Å². The molecular formula is C13H14N2O5. The number of fused-ring (bicyclic) bond motifs is 1. The van der Waals surface area contributed by atoms with E-state index < -0.39 is 0 Å². The predicted octanol–water partition coefficient (Wildman–Crippen LogP) is 1.32. The Labute approximate surface area is 115 Å². The van der Waals surface area contributed by atoms with E-state index in [1.807, 2.05) is 18.2 Å². The fourth-order valence-electron chi connectivity index (χ4n) is 1.59. The van der Waals surface area contributed by atoms with Gasteiger partial charge in [0, 0.05) is 6.92 Å². The molecule has 0 radical (unpaired) electrons. The summed E-state index contributed by atoms with van der Waals surface area (Å²) in [5.41, 5.74) is 1.23. The minimum Gasteiger partial charge on any atom is -0.462 e. The lowest BCUT2D eigenvalue weighted by atomic mass is 10.1. The molecule has 106 valence electrons. The fourth-order valence-corrected chi connectivity index (χ4v) is 1.59. The number of esters is 1. The number of carbonyl (C=O) groups is 1. The molecule has 1 heterocycles. The Morgan fingerprint density at radius 2 is 2.05 bits per heavy atom. The maximum atomic E-state index is 10.6. The number of nitrogens with zero attached hydrogens (tertiary/aromatic N) is 2. The minimum atomic E-state index is -0.368. The molecule has 0 unspecified atom stereocenters. The highest BCUT2D eigenvalue weighted by molar-refractivity contribution is 6.48. The van der Waals surface area contributed by atoms with E-state index in [4.69, 9.17) is 19.1 Å². The van der Waals surface area contributed by atoms with Crippen molar-refractivity contribution in [2.45, 2.75) is 6.92 Å². The third kappa shape index (κ3) is 3.25. The van der Waals surface area contributed by atoms with Crippen molar-refractivity contribution in [2.75, 3.05) is 20.3 Å². The number of benzene rings is 1. The van der Waals surface area contributed by atoms with Crippen LogP contribution in [-0.2, 0) is 19.2 Å². The molecule has 0 atom stereocenters. The van der Waals surface area contributed by atoms with E-state index in [0.717, 1.165) is 5.56 Å². The molecule has 7 heteroatoms. The van der Waals surface area contributed by atoms with Crippen molar-refractivity contribution in [3.8, 4) is 5.75 Å². The number of rotatable bonds is 5. The lowest BCUT2D eigenvalue weighted by Crippen LogP contribution is -2.15. The van der Waals surface area contributed by atoms with E-state index in [-0.39, 0.29) is 25.1 Å². The molecule has 0 aromatic heterocycles. The van der Waals surface area contributed by atoms with Gasteiger partial charge in [-0.25, -0.2) is 0 Å². The van der Waals surface area contributed by atoms with Gasteiger partial charge in [-0.05, 0) is 17.3 Å². The first kappa shape index (κ1) is 13.9. The first-order chi connectivity index (χ1) is 9.72. The van der Waals surface area contributed by atoms with Crippen molar-refractivity contribution in [1.29, 1.82) is 0 Å². The monoisotopic (exact) mass is 278 g/mol. The third-order valence-corrected chi connectivity index (χ3v) is 2.36. The molecule has 0 saturated carbocycles. The first-order valence-electron chi connectivity index (χ1n) is 5.94. The molecule has 0 bridgehead atoms. The molecule has 2 rings (SSSR count). The van der Waals surface area contributed by atoms with Crippen molar-refractivity contribution >= 4 is 17.6 Å². The normalized spacial score (nSPS) is 16.7. The Balaban J connectivity index is 2.02. The molecule has 0 saturated heterocycles. The Kier molecular flexibility index (Phi) is 4.54. The van der Waals surface area contributed by atoms with Crippen LogP contribution in [-0.4, -0.2) is 37.9 Å². The van der Waals surface area contributed by atoms with E-state index in [1.54, 1.807) is 6.07 Å². The van der Waals surface area contributed by atoms with Gasteiger partial charge in [0.15, 0.2) is 12.3 Å². The van der Waals surface area contributed by atoms with Crippen LogP contribution in [0.4, 0.5) is 0 Å².